The van der Waals surface area contributed by atoms with Crippen molar-refractivity contribution in [2.24, 2.45) is 0 Å². The van der Waals surface area contributed by atoms with Crippen LogP contribution < -0.4 is 0 Å². The monoisotopic (exact) mass is 736 g/mol. The first-order valence-corrected chi connectivity index (χ1v) is 20.9. The number of phosphoric ester groups is 1. The Morgan fingerprint density at radius 1 is 0.608 bits per heavy atom. The molecule has 1 unspecified atom stereocenters. The minimum absolute atomic E-state index is 0.114. The maximum absolute atomic E-state index is 12.3. The van der Waals surface area contributed by atoms with Crippen molar-refractivity contribution in [2.45, 2.75) is 161 Å². The lowest BCUT2D eigenvalue weighted by Gasteiger charge is -2.18. The maximum Gasteiger partial charge on any atom is 0.469 e. The molecule has 3 N–H and O–H groups in total. The first-order chi connectivity index (χ1) is 24.7. The zero-order valence-electron chi connectivity index (χ0n) is 31.6. The van der Waals surface area contributed by atoms with Crippen LogP contribution in [0.3, 0.4) is 0 Å². The van der Waals surface area contributed by atoms with Crippen LogP contribution in [0.1, 0.15) is 149 Å². The number of allylic oxidation sites excluding steroid dienone is 11. The first kappa shape index (κ1) is 48.5. The molecule has 0 saturated heterocycles. The Balaban J connectivity index is 4.13. The summed E-state index contributed by atoms with van der Waals surface area (Å²) in [5.41, 5.74) is 0. The molecule has 0 radical (unpaired) electrons. The van der Waals surface area contributed by atoms with Gasteiger partial charge in [0.05, 0.1) is 12.7 Å². The van der Waals surface area contributed by atoms with Crippen molar-refractivity contribution < 1.29 is 43.0 Å². The molecule has 0 saturated carbocycles. The number of esters is 2. The molecule has 9 nitrogen and oxygen atoms in total. The fraction of sp³-hybridized carbons (Fsp3) is 0.659. The van der Waals surface area contributed by atoms with Crippen LogP contribution in [-0.4, -0.2) is 52.3 Å². The number of aliphatic hydroxyl groups excluding tert-OH is 1. The molecule has 0 fully saturated rings. The maximum atomic E-state index is 12.3. The summed E-state index contributed by atoms with van der Waals surface area (Å²) in [5, 5.41) is 9.70. The van der Waals surface area contributed by atoms with E-state index < -0.39 is 32.5 Å². The van der Waals surface area contributed by atoms with E-state index in [9.17, 15) is 19.3 Å². The van der Waals surface area contributed by atoms with Crippen LogP contribution in [0, 0.1) is 0 Å². The van der Waals surface area contributed by atoms with Crippen LogP contribution in [-0.2, 0) is 28.2 Å². The highest BCUT2D eigenvalue weighted by Crippen LogP contribution is 2.36. The fourth-order valence-electron chi connectivity index (χ4n) is 4.90. The van der Waals surface area contributed by atoms with E-state index in [1.807, 2.05) is 18.2 Å². The Morgan fingerprint density at radius 3 is 1.75 bits per heavy atom. The zero-order valence-corrected chi connectivity index (χ0v) is 32.5. The van der Waals surface area contributed by atoms with E-state index in [2.05, 4.69) is 73.1 Å². The number of rotatable bonds is 34. The van der Waals surface area contributed by atoms with Gasteiger partial charge in [0.15, 0.2) is 6.10 Å². The summed E-state index contributed by atoms with van der Waals surface area (Å²) in [7, 11) is -4.78. The van der Waals surface area contributed by atoms with Gasteiger partial charge in [-0.3, -0.25) is 14.1 Å². The predicted octanol–water partition coefficient (Wildman–Crippen LogP) is 10.5. The predicted molar refractivity (Wildman–Crippen MR) is 208 cm³/mol. The molecule has 0 aliphatic carbocycles. The Morgan fingerprint density at radius 2 is 1.14 bits per heavy atom. The summed E-state index contributed by atoms with van der Waals surface area (Å²) in [6.45, 7) is 3.39. The van der Waals surface area contributed by atoms with Crippen LogP contribution in [0.15, 0.2) is 72.9 Å². The van der Waals surface area contributed by atoms with Gasteiger partial charge in [-0.05, 0) is 77.0 Å². The molecule has 292 valence electrons. The molecule has 0 rings (SSSR count). The molecule has 0 heterocycles. The Kier molecular flexibility index (Phi) is 34.0. The highest BCUT2D eigenvalue weighted by atomic mass is 31.2. The second-order valence-corrected chi connectivity index (χ2v) is 14.0. The van der Waals surface area contributed by atoms with E-state index in [-0.39, 0.29) is 25.6 Å². The van der Waals surface area contributed by atoms with Crippen LogP contribution in [0.25, 0.3) is 0 Å². The minimum Gasteiger partial charge on any atom is -0.462 e. The minimum atomic E-state index is -4.78. The van der Waals surface area contributed by atoms with Crippen LogP contribution in [0.4, 0.5) is 0 Å². The number of carbonyl (C=O) groups excluding carboxylic acids is 2. The lowest BCUT2D eigenvalue weighted by Crippen LogP contribution is -2.29. The third kappa shape index (κ3) is 38.5. The van der Waals surface area contributed by atoms with E-state index >= 15 is 0 Å². The van der Waals surface area contributed by atoms with E-state index in [0.29, 0.717) is 25.7 Å². The molecule has 0 amide bonds. The van der Waals surface area contributed by atoms with E-state index in [4.69, 9.17) is 19.3 Å². The third-order valence-corrected chi connectivity index (χ3v) is 8.27. The molecular weight excluding hydrogens is 667 g/mol. The number of hydrogen-bond donors (Lipinski definition) is 3. The first-order valence-electron chi connectivity index (χ1n) is 19.3. The number of unbranched alkanes of at least 4 members (excludes halogenated alkanes) is 10. The van der Waals surface area contributed by atoms with Crippen LogP contribution in [0.5, 0.6) is 0 Å². The van der Waals surface area contributed by atoms with Gasteiger partial charge < -0.3 is 24.4 Å². The highest BCUT2D eigenvalue weighted by molar-refractivity contribution is 7.46. The van der Waals surface area contributed by atoms with Gasteiger partial charge >= 0.3 is 19.8 Å². The van der Waals surface area contributed by atoms with Crippen molar-refractivity contribution in [3.05, 3.63) is 72.9 Å². The number of carbonyl (C=O) groups is 2. The molecule has 10 heteroatoms. The number of hydrogen-bond acceptors (Lipinski definition) is 7. The number of phosphoric acid groups is 1. The highest BCUT2D eigenvalue weighted by Gasteiger charge is 2.22. The van der Waals surface area contributed by atoms with Gasteiger partial charge in [0, 0.05) is 12.8 Å². The molecule has 0 aliphatic rings. The normalized spacial score (nSPS) is 13.9. The molecular formula is C41H69O9P. The van der Waals surface area contributed by atoms with Gasteiger partial charge in [0.2, 0.25) is 0 Å². The average Bonchev–Trinajstić information content (AvgIpc) is 3.09. The Bertz CT molecular complexity index is 1070. The second kappa shape index (κ2) is 35.8. The Hall–Kier alpha value is -2.55. The molecule has 0 aliphatic heterocycles. The lowest BCUT2D eigenvalue weighted by molar-refractivity contribution is -0.161. The smallest absolute Gasteiger partial charge is 0.462 e. The Labute approximate surface area is 309 Å². The quantitative estimate of drug-likeness (QED) is 0.0194. The fourth-order valence-corrected chi connectivity index (χ4v) is 5.26. The van der Waals surface area contributed by atoms with Gasteiger partial charge in [0.25, 0.3) is 0 Å². The van der Waals surface area contributed by atoms with Gasteiger partial charge in [-0.25, -0.2) is 4.57 Å². The summed E-state index contributed by atoms with van der Waals surface area (Å²) >= 11 is 0. The molecule has 0 bridgehead atoms. The van der Waals surface area contributed by atoms with Gasteiger partial charge in [-0.1, -0.05) is 132 Å². The standard InChI is InChI=1S/C41H69O9P/c1-3-5-6-7-8-9-10-11-12-15-18-21-24-27-30-34-40(43)48-36-39(37-49-51(45,46)47)50-41(44)35-31-28-25-22-19-16-13-14-17-20-23-26-29-33-38(42)32-4-2/h9-13,16-17,20,22,25-26,29,38-39,42H,3-8,14-15,18-19,21,23-24,27-28,30-37H2,1-2H3,(H2,45,46,47)/b10-9-,12-11-,16-13-,20-17-,25-22-,29-26-/t38?,39-/m1/s1. The largest absolute Gasteiger partial charge is 0.469 e. The second-order valence-electron chi connectivity index (χ2n) is 12.8. The van der Waals surface area contributed by atoms with Crippen molar-refractivity contribution in [2.75, 3.05) is 13.2 Å². The summed E-state index contributed by atoms with van der Waals surface area (Å²) in [6.07, 6.45) is 42.6. The molecule has 51 heavy (non-hydrogen) atoms. The van der Waals surface area contributed by atoms with E-state index in [1.165, 1.54) is 25.7 Å². The topological polar surface area (TPSA) is 140 Å². The van der Waals surface area contributed by atoms with Crippen LogP contribution >= 0.6 is 7.82 Å². The van der Waals surface area contributed by atoms with Gasteiger partial charge in [-0.2, -0.15) is 0 Å². The van der Waals surface area contributed by atoms with Crippen molar-refractivity contribution in [3.8, 4) is 0 Å². The number of ether oxygens (including phenoxy) is 2. The molecule has 0 aromatic heterocycles. The molecule has 0 aromatic rings. The summed E-state index contributed by atoms with van der Waals surface area (Å²) in [6, 6.07) is 0. The summed E-state index contributed by atoms with van der Waals surface area (Å²) in [5.74, 6) is -0.996. The van der Waals surface area contributed by atoms with Gasteiger partial charge in [0.1, 0.15) is 6.61 Å². The summed E-state index contributed by atoms with van der Waals surface area (Å²) in [4.78, 5) is 42.7. The lowest BCUT2D eigenvalue weighted by atomic mass is 10.1. The van der Waals surface area contributed by atoms with Crippen LogP contribution in [0.2, 0.25) is 0 Å². The number of aliphatic hydroxyl groups is 1. The average molecular weight is 737 g/mol. The molecule has 0 aromatic carbocycles. The van der Waals surface area contributed by atoms with Crippen molar-refractivity contribution >= 4 is 19.8 Å². The van der Waals surface area contributed by atoms with Crippen molar-refractivity contribution in [3.63, 3.8) is 0 Å². The summed E-state index contributed by atoms with van der Waals surface area (Å²) < 4.78 is 26.2. The molecule has 2 atom stereocenters. The van der Waals surface area contributed by atoms with Gasteiger partial charge in [-0.15, -0.1) is 0 Å². The van der Waals surface area contributed by atoms with E-state index in [1.54, 1.807) is 0 Å². The molecule has 0 spiro atoms. The van der Waals surface area contributed by atoms with E-state index in [0.717, 1.165) is 70.6 Å². The third-order valence-electron chi connectivity index (χ3n) is 7.78. The SMILES string of the molecule is CCCCCC/C=C\C=C/CCCCCCCC(=O)OC[C@H](COP(=O)(O)O)OC(=O)CCC/C=C\C/C=C\C/C=C\C/C=C\CC(O)CCC. The zero-order chi connectivity index (χ0) is 37.7. The van der Waals surface area contributed by atoms with Crippen molar-refractivity contribution in [1.82, 2.24) is 0 Å². The van der Waals surface area contributed by atoms with Crippen molar-refractivity contribution in [1.29, 1.82) is 0 Å².